The van der Waals surface area contributed by atoms with Crippen molar-refractivity contribution in [2.75, 3.05) is 18.4 Å². The maximum Gasteiger partial charge on any atom is 0.416 e. The molecule has 0 spiro atoms. The van der Waals surface area contributed by atoms with E-state index in [2.05, 4.69) is 19.7 Å². The number of aromatic nitrogens is 3. The zero-order valence-electron chi connectivity index (χ0n) is 16.4. The smallest absolute Gasteiger partial charge is 0.416 e. The monoisotopic (exact) mass is 449 g/mol. The van der Waals surface area contributed by atoms with Gasteiger partial charge in [0.25, 0.3) is 0 Å². The fraction of sp³-hybridized carbons (Fsp3) is 0.250. The van der Waals surface area contributed by atoms with Crippen molar-refractivity contribution in [1.29, 1.82) is 0 Å². The Morgan fingerprint density at radius 1 is 1.13 bits per heavy atom. The number of hydrogen-bond acceptors (Lipinski definition) is 5. The van der Waals surface area contributed by atoms with Crippen LogP contribution in [0.3, 0.4) is 0 Å². The number of hydrogen-bond donors (Lipinski definition) is 1. The molecule has 0 saturated carbocycles. The van der Waals surface area contributed by atoms with Crippen LogP contribution < -0.4 is 9.46 Å². The third-order valence-corrected chi connectivity index (χ3v) is 6.07. The molecular formula is C20H18F3N5O2S. The second-order valence-electron chi connectivity index (χ2n) is 6.76. The molecule has 162 valence electrons. The average Bonchev–Trinajstić information content (AvgIpc) is 2.78. The van der Waals surface area contributed by atoms with E-state index in [1.165, 1.54) is 19.5 Å². The van der Waals surface area contributed by atoms with Gasteiger partial charge < -0.3 is 4.74 Å². The van der Waals surface area contributed by atoms with Crippen molar-refractivity contribution in [3.8, 4) is 16.9 Å². The summed E-state index contributed by atoms with van der Waals surface area (Å²) in [5, 5.41) is 0. The molecule has 1 aliphatic rings. The van der Waals surface area contributed by atoms with Gasteiger partial charge in [-0.1, -0.05) is 6.07 Å². The standard InChI is InChI=1S/C20H18F3N5O2S/c1-30-18-10-13(20(21,22)23)2-3-16(18)14-4-8-25-17-11-28(9-6-15(14)17)31(29)27-19-5-7-24-12-26-19/h2-5,7-8,10,12H,6,9,11H2,1H3,(H,24,26,27). The summed E-state index contributed by atoms with van der Waals surface area (Å²) in [5.74, 6) is 0.579. The van der Waals surface area contributed by atoms with Crippen molar-refractivity contribution in [2.45, 2.75) is 19.1 Å². The van der Waals surface area contributed by atoms with Crippen LogP contribution in [-0.4, -0.2) is 37.1 Å². The van der Waals surface area contributed by atoms with Crippen molar-refractivity contribution >= 4 is 17.0 Å². The fourth-order valence-corrected chi connectivity index (χ4v) is 4.35. The summed E-state index contributed by atoms with van der Waals surface area (Å²) in [4.78, 5) is 12.2. The Bertz CT molecular complexity index is 1110. The highest BCUT2D eigenvalue weighted by atomic mass is 32.2. The summed E-state index contributed by atoms with van der Waals surface area (Å²) in [7, 11) is 1.34. The summed E-state index contributed by atoms with van der Waals surface area (Å²) < 4.78 is 61.7. The molecule has 1 aliphatic heterocycles. The molecule has 3 heterocycles. The van der Waals surface area contributed by atoms with Crippen LogP contribution in [0.4, 0.5) is 19.0 Å². The molecule has 1 unspecified atom stereocenters. The summed E-state index contributed by atoms with van der Waals surface area (Å²) in [6.07, 6.45) is 0.569. The Hall–Kier alpha value is -3.05. The number of methoxy groups -OCH3 is 1. The van der Waals surface area contributed by atoms with Crippen molar-refractivity contribution in [1.82, 2.24) is 19.3 Å². The van der Waals surface area contributed by atoms with E-state index in [1.807, 2.05) is 0 Å². The second kappa shape index (κ2) is 8.60. The molecule has 0 aliphatic carbocycles. The van der Waals surface area contributed by atoms with E-state index < -0.39 is 22.9 Å². The topological polar surface area (TPSA) is 80.2 Å². The van der Waals surface area contributed by atoms with Gasteiger partial charge in [-0.2, -0.15) is 13.2 Å². The number of halogens is 3. The highest BCUT2D eigenvalue weighted by molar-refractivity contribution is 7.84. The predicted octanol–water partition coefficient (Wildman–Crippen LogP) is 3.61. The number of anilines is 1. The molecule has 7 nitrogen and oxygen atoms in total. The minimum atomic E-state index is -4.45. The largest absolute Gasteiger partial charge is 0.496 e. The number of nitrogens with zero attached hydrogens (tertiary/aromatic N) is 4. The molecule has 31 heavy (non-hydrogen) atoms. The quantitative estimate of drug-likeness (QED) is 0.644. The first kappa shape index (κ1) is 21.2. The molecule has 1 N–H and O–H groups in total. The Morgan fingerprint density at radius 3 is 2.68 bits per heavy atom. The van der Waals surface area contributed by atoms with Crippen molar-refractivity contribution in [3.63, 3.8) is 0 Å². The number of alkyl halides is 3. The molecule has 3 aromatic rings. The van der Waals surface area contributed by atoms with E-state index in [1.54, 1.807) is 28.8 Å². The second-order valence-corrected chi connectivity index (χ2v) is 7.97. The van der Waals surface area contributed by atoms with Crippen LogP contribution in [0.15, 0.2) is 49.1 Å². The van der Waals surface area contributed by atoms with Crippen molar-refractivity contribution < 1.29 is 22.1 Å². The average molecular weight is 449 g/mol. The Labute approximate surface area is 179 Å². The number of nitrogens with one attached hydrogen (secondary N) is 1. The Balaban J connectivity index is 1.61. The highest BCUT2D eigenvalue weighted by Gasteiger charge is 2.32. The van der Waals surface area contributed by atoms with Crippen molar-refractivity contribution in [2.24, 2.45) is 0 Å². The van der Waals surface area contributed by atoms with E-state index in [0.29, 0.717) is 36.6 Å². The van der Waals surface area contributed by atoms with Gasteiger partial charge in [0.15, 0.2) is 11.2 Å². The van der Waals surface area contributed by atoms with Gasteiger partial charge in [-0.15, -0.1) is 0 Å². The Morgan fingerprint density at radius 2 is 1.97 bits per heavy atom. The third kappa shape index (κ3) is 4.52. The minimum absolute atomic E-state index is 0.139. The van der Waals surface area contributed by atoms with Crippen LogP contribution >= 0.6 is 0 Å². The maximum absolute atomic E-state index is 13.1. The van der Waals surface area contributed by atoms with Gasteiger partial charge in [0.1, 0.15) is 17.9 Å². The molecule has 11 heteroatoms. The fourth-order valence-electron chi connectivity index (χ4n) is 3.42. The normalized spacial score (nSPS) is 15.2. The maximum atomic E-state index is 13.1. The summed E-state index contributed by atoms with van der Waals surface area (Å²) in [6, 6.07) is 6.83. The number of rotatable bonds is 5. The first-order valence-electron chi connectivity index (χ1n) is 9.28. The SMILES string of the molecule is COc1cc(C(F)(F)F)ccc1-c1ccnc2c1CCN(S(=O)Nc1ccncn1)C2. The molecule has 2 aromatic heterocycles. The zero-order chi connectivity index (χ0) is 22.0. The van der Waals surface area contributed by atoms with Crippen LogP contribution in [0.1, 0.15) is 16.8 Å². The predicted molar refractivity (Wildman–Crippen MR) is 109 cm³/mol. The molecular weight excluding hydrogens is 431 g/mol. The number of ether oxygens (including phenoxy) is 1. The lowest BCUT2D eigenvalue weighted by molar-refractivity contribution is -0.137. The van der Waals surface area contributed by atoms with Gasteiger partial charge in [0.05, 0.1) is 24.9 Å². The van der Waals surface area contributed by atoms with E-state index in [0.717, 1.165) is 23.3 Å². The first-order chi connectivity index (χ1) is 14.9. The molecule has 0 radical (unpaired) electrons. The van der Waals surface area contributed by atoms with Crippen LogP contribution in [-0.2, 0) is 30.3 Å². The van der Waals surface area contributed by atoms with E-state index >= 15 is 0 Å². The molecule has 4 rings (SSSR count). The highest BCUT2D eigenvalue weighted by Crippen LogP contribution is 2.39. The van der Waals surface area contributed by atoms with Gasteiger partial charge in [-0.3, -0.25) is 9.71 Å². The van der Waals surface area contributed by atoms with E-state index in [4.69, 9.17) is 4.74 Å². The van der Waals surface area contributed by atoms with Gasteiger partial charge in [-0.25, -0.2) is 18.5 Å². The Kier molecular flexibility index (Phi) is 5.88. The van der Waals surface area contributed by atoms with Crippen LogP contribution in [0.2, 0.25) is 0 Å². The minimum Gasteiger partial charge on any atom is -0.496 e. The zero-order valence-corrected chi connectivity index (χ0v) is 17.2. The lowest BCUT2D eigenvalue weighted by atomic mass is 9.93. The summed E-state index contributed by atoms with van der Waals surface area (Å²) >= 11 is -1.53. The summed E-state index contributed by atoms with van der Waals surface area (Å²) in [5.41, 5.74) is 2.15. The number of fused-ring (bicyclic) bond motifs is 1. The van der Waals surface area contributed by atoms with Gasteiger partial charge >= 0.3 is 6.18 Å². The van der Waals surface area contributed by atoms with Crippen molar-refractivity contribution in [3.05, 3.63) is 65.9 Å². The number of pyridine rings is 1. The van der Waals surface area contributed by atoms with E-state index in [9.17, 15) is 17.4 Å². The first-order valence-corrected chi connectivity index (χ1v) is 10.4. The summed E-state index contributed by atoms with van der Waals surface area (Å²) in [6.45, 7) is 0.788. The van der Waals surface area contributed by atoms with Crippen LogP contribution in [0.25, 0.3) is 11.1 Å². The van der Waals surface area contributed by atoms with Gasteiger partial charge in [0, 0.05) is 24.5 Å². The molecule has 1 aromatic carbocycles. The van der Waals surface area contributed by atoms with Gasteiger partial charge in [0.2, 0.25) is 0 Å². The molecule has 0 amide bonds. The van der Waals surface area contributed by atoms with Crippen LogP contribution in [0, 0.1) is 0 Å². The molecule has 0 fully saturated rings. The molecule has 1 atom stereocenters. The lowest BCUT2D eigenvalue weighted by Crippen LogP contribution is -2.36. The lowest BCUT2D eigenvalue weighted by Gasteiger charge is -2.28. The third-order valence-electron chi connectivity index (χ3n) is 4.91. The van der Waals surface area contributed by atoms with Gasteiger partial charge in [-0.05, 0) is 41.8 Å². The number of benzene rings is 1. The molecule has 0 saturated heterocycles. The van der Waals surface area contributed by atoms with E-state index in [-0.39, 0.29) is 5.75 Å². The van der Waals surface area contributed by atoms with Crippen LogP contribution in [0.5, 0.6) is 5.75 Å². The molecule has 0 bridgehead atoms.